The van der Waals surface area contributed by atoms with E-state index in [0.29, 0.717) is 0 Å². The van der Waals surface area contributed by atoms with Gasteiger partial charge in [0.25, 0.3) is 0 Å². The third-order valence-corrected chi connectivity index (χ3v) is 2.15. The highest BCUT2D eigenvalue weighted by Gasteiger charge is 2.18. The molecule has 2 heteroatoms. The molecule has 0 atom stereocenters. The molecule has 0 amide bonds. The smallest absolute Gasteiger partial charge is 0.233 e. The van der Waals surface area contributed by atoms with Crippen LogP contribution in [-0.2, 0) is 9.59 Å². The molecule has 0 N–H and O–H groups in total. The van der Waals surface area contributed by atoms with Crippen LogP contribution in [0.2, 0.25) is 0 Å². The summed E-state index contributed by atoms with van der Waals surface area (Å²) in [5.41, 5.74) is 0.485. The molecular weight excluding hydrogens is 248 g/mol. The first-order valence-corrected chi connectivity index (χ1v) is 5.95. The van der Waals surface area contributed by atoms with Gasteiger partial charge in [0.1, 0.15) is 0 Å². The molecule has 102 valence electrons. The van der Waals surface area contributed by atoms with Gasteiger partial charge >= 0.3 is 0 Å². The zero-order chi connectivity index (χ0) is 15.4. The van der Waals surface area contributed by atoms with Crippen molar-refractivity contribution < 1.29 is 9.59 Å². The minimum absolute atomic E-state index is 0.242. The molecule has 0 saturated heterocycles. The minimum atomic E-state index is -0.621. The second-order valence-electron chi connectivity index (χ2n) is 3.56. The monoisotopic (exact) mass is 266 g/mol. The van der Waals surface area contributed by atoms with Crippen LogP contribution in [0.4, 0.5) is 0 Å². The van der Waals surface area contributed by atoms with E-state index in [9.17, 15) is 9.59 Å². The normalized spacial score (nSPS) is 12.4. The maximum atomic E-state index is 12.1. The van der Waals surface area contributed by atoms with E-state index in [1.807, 2.05) is 0 Å². The fourth-order valence-electron chi connectivity index (χ4n) is 1.27. The summed E-state index contributed by atoms with van der Waals surface area (Å²) in [6.45, 7) is 14.1. The van der Waals surface area contributed by atoms with E-state index in [-0.39, 0.29) is 11.1 Å². The molecule has 0 fully saturated rings. The molecule has 0 aromatic heterocycles. The molecule has 2 nitrogen and oxygen atoms in total. The van der Waals surface area contributed by atoms with Gasteiger partial charge in [-0.3, -0.25) is 9.59 Å². The van der Waals surface area contributed by atoms with Gasteiger partial charge in [0.15, 0.2) is 0 Å². The van der Waals surface area contributed by atoms with Gasteiger partial charge < -0.3 is 0 Å². The SMILES string of the molecule is C=C/C=C\C(=C/C=C)C(=O)C(=O)C(/C=C\C=C)=C/C=C. The van der Waals surface area contributed by atoms with E-state index >= 15 is 0 Å². The van der Waals surface area contributed by atoms with E-state index in [0.717, 1.165) is 0 Å². The van der Waals surface area contributed by atoms with E-state index in [4.69, 9.17) is 0 Å². The Morgan fingerprint density at radius 1 is 0.600 bits per heavy atom. The first-order valence-electron chi connectivity index (χ1n) is 5.95. The summed E-state index contributed by atoms with van der Waals surface area (Å²) >= 11 is 0. The van der Waals surface area contributed by atoms with Crippen LogP contribution < -0.4 is 0 Å². The standard InChI is InChI=1S/C18H18O2/c1-5-9-13-15(11-7-3)17(19)18(20)16(12-8-4)14-10-6-2/h5-14H,1-4H2/b13-9-,14-10-,15-11+,16-12+. The van der Waals surface area contributed by atoms with Crippen molar-refractivity contribution in [3.63, 3.8) is 0 Å². The van der Waals surface area contributed by atoms with E-state index in [1.54, 1.807) is 12.2 Å². The molecule has 0 aromatic carbocycles. The molecule has 0 saturated carbocycles. The third-order valence-electron chi connectivity index (χ3n) is 2.15. The van der Waals surface area contributed by atoms with Crippen molar-refractivity contribution in [2.75, 3.05) is 0 Å². The van der Waals surface area contributed by atoms with Crippen LogP contribution in [0.1, 0.15) is 0 Å². The Hall–Kier alpha value is -2.74. The number of hydrogen-bond donors (Lipinski definition) is 0. The van der Waals surface area contributed by atoms with Gasteiger partial charge in [-0.25, -0.2) is 0 Å². The summed E-state index contributed by atoms with van der Waals surface area (Å²) in [7, 11) is 0. The second-order valence-corrected chi connectivity index (χ2v) is 3.56. The zero-order valence-electron chi connectivity index (χ0n) is 11.4. The van der Waals surface area contributed by atoms with Gasteiger partial charge in [0.2, 0.25) is 11.6 Å². The Kier molecular flexibility index (Phi) is 8.81. The van der Waals surface area contributed by atoms with Crippen LogP contribution in [0, 0.1) is 0 Å². The number of hydrogen-bond acceptors (Lipinski definition) is 2. The molecular formula is C18H18O2. The third kappa shape index (κ3) is 5.74. The highest BCUT2D eigenvalue weighted by Crippen LogP contribution is 2.08. The Balaban J connectivity index is 5.47. The minimum Gasteiger partial charge on any atom is -0.285 e. The molecule has 0 aliphatic heterocycles. The van der Waals surface area contributed by atoms with Crippen molar-refractivity contribution in [2.45, 2.75) is 0 Å². The van der Waals surface area contributed by atoms with Gasteiger partial charge in [0.05, 0.1) is 0 Å². The lowest BCUT2D eigenvalue weighted by Crippen LogP contribution is -2.17. The summed E-state index contributed by atoms with van der Waals surface area (Å²) in [4.78, 5) is 24.3. The van der Waals surface area contributed by atoms with Gasteiger partial charge in [-0.1, -0.05) is 87.1 Å². The van der Waals surface area contributed by atoms with Crippen molar-refractivity contribution in [2.24, 2.45) is 0 Å². The summed E-state index contributed by atoms with van der Waals surface area (Å²) < 4.78 is 0. The first kappa shape index (κ1) is 17.3. The molecule has 0 spiro atoms. The lowest BCUT2D eigenvalue weighted by atomic mass is 10.00. The summed E-state index contributed by atoms with van der Waals surface area (Å²) in [5.74, 6) is -1.24. The van der Waals surface area contributed by atoms with Crippen molar-refractivity contribution in [3.05, 3.63) is 98.2 Å². The van der Waals surface area contributed by atoms with Crippen LogP contribution in [0.3, 0.4) is 0 Å². The van der Waals surface area contributed by atoms with Gasteiger partial charge in [0, 0.05) is 11.1 Å². The van der Waals surface area contributed by atoms with Gasteiger partial charge in [-0.2, -0.15) is 0 Å². The lowest BCUT2D eigenvalue weighted by molar-refractivity contribution is -0.131. The van der Waals surface area contributed by atoms with Crippen molar-refractivity contribution >= 4 is 11.6 Å². The number of carbonyl (C=O) groups excluding carboxylic acids is 2. The molecule has 0 aromatic rings. The van der Waals surface area contributed by atoms with Crippen molar-refractivity contribution in [1.29, 1.82) is 0 Å². The molecule has 0 aliphatic rings. The predicted molar refractivity (Wildman–Crippen MR) is 85.2 cm³/mol. The van der Waals surface area contributed by atoms with Gasteiger partial charge in [-0.15, -0.1) is 0 Å². The molecule has 0 bridgehead atoms. The highest BCUT2D eigenvalue weighted by molar-refractivity contribution is 6.50. The largest absolute Gasteiger partial charge is 0.285 e. The van der Waals surface area contributed by atoms with Crippen LogP contribution >= 0.6 is 0 Å². The van der Waals surface area contributed by atoms with Crippen molar-refractivity contribution in [1.82, 2.24) is 0 Å². The summed E-state index contributed by atoms with van der Waals surface area (Å²) in [6, 6.07) is 0. The average molecular weight is 266 g/mol. The average Bonchev–Trinajstić information content (AvgIpc) is 2.46. The maximum Gasteiger partial charge on any atom is 0.233 e. The predicted octanol–water partition coefficient (Wildman–Crippen LogP) is 3.83. The maximum absolute atomic E-state index is 12.1. The van der Waals surface area contributed by atoms with Crippen LogP contribution in [0.5, 0.6) is 0 Å². The number of carbonyl (C=O) groups is 2. The molecule has 0 radical (unpaired) electrons. The fraction of sp³-hybridized carbons (Fsp3) is 0. The molecule has 20 heavy (non-hydrogen) atoms. The molecule has 0 heterocycles. The fourth-order valence-corrected chi connectivity index (χ4v) is 1.27. The van der Waals surface area contributed by atoms with E-state index in [2.05, 4.69) is 26.3 Å². The molecule has 0 rings (SSSR count). The van der Waals surface area contributed by atoms with E-state index in [1.165, 1.54) is 48.6 Å². The molecule has 0 aliphatic carbocycles. The van der Waals surface area contributed by atoms with Crippen molar-refractivity contribution in [3.8, 4) is 0 Å². The first-order chi connectivity index (χ1) is 9.62. The zero-order valence-corrected chi connectivity index (χ0v) is 11.4. The van der Waals surface area contributed by atoms with Gasteiger partial charge in [-0.05, 0) is 0 Å². The number of ketones is 2. The van der Waals surface area contributed by atoms with Crippen LogP contribution in [-0.4, -0.2) is 11.6 Å². The van der Waals surface area contributed by atoms with Crippen LogP contribution in [0.25, 0.3) is 0 Å². The van der Waals surface area contributed by atoms with Crippen LogP contribution in [0.15, 0.2) is 98.2 Å². The Morgan fingerprint density at radius 2 is 0.950 bits per heavy atom. The summed E-state index contributed by atoms with van der Waals surface area (Å²) in [6.07, 6.45) is 15.1. The summed E-state index contributed by atoms with van der Waals surface area (Å²) in [5, 5.41) is 0. The topological polar surface area (TPSA) is 34.1 Å². The number of Topliss-reactive ketones (excluding diaryl/α,β-unsaturated/α-hetero) is 2. The quantitative estimate of drug-likeness (QED) is 0.361. The Bertz CT molecular complexity index is 488. The Morgan fingerprint density at radius 3 is 1.20 bits per heavy atom. The van der Waals surface area contributed by atoms with E-state index < -0.39 is 11.6 Å². The molecule has 0 unspecified atom stereocenters. The number of rotatable bonds is 9. The highest BCUT2D eigenvalue weighted by atomic mass is 16.2. The Labute approximate surface area is 120 Å². The second kappa shape index (κ2) is 10.2. The lowest BCUT2D eigenvalue weighted by Gasteiger charge is -2.01. The number of allylic oxidation sites excluding steroid dienone is 12.